The van der Waals surface area contributed by atoms with Gasteiger partial charge in [-0.15, -0.1) is 0 Å². The fraction of sp³-hybridized carbons (Fsp3) is 0.588. The molecule has 1 atom stereocenters. The molecule has 1 amide bonds. The Morgan fingerprint density at radius 2 is 1.91 bits per heavy atom. The fourth-order valence-corrected chi connectivity index (χ4v) is 4.28. The Morgan fingerprint density at radius 1 is 1.26 bits per heavy atom. The highest BCUT2D eigenvalue weighted by atomic mass is 32.2. The van der Waals surface area contributed by atoms with Gasteiger partial charge in [-0.25, -0.2) is 8.42 Å². The number of hydrogen-bond acceptors (Lipinski definition) is 4. The van der Waals surface area contributed by atoms with Gasteiger partial charge in [-0.3, -0.25) is 4.79 Å². The Bertz CT molecular complexity index is 644. The molecule has 1 heterocycles. The van der Waals surface area contributed by atoms with Crippen LogP contribution in [0.3, 0.4) is 0 Å². The first-order valence-corrected chi connectivity index (χ1v) is 9.71. The maximum Gasteiger partial charge on any atom is 0.224 e. The minimum absolute atomic E-state index is 0.0338. The van der Waals surface area contributed by atoms with Crippen LogP contribution in [0, 0.1) is 5.92 Å². The molecular formula is C17H25NO4S. The number of hydrogen-bond donors (Lipinski definition) is 1. The summed E-state index contributed by atoms with van der Waals surface area (Å²) in [6.45, 7) is 7.20. The molecule has 6 heteroatoms. The quantitative estimate of drug-likeness (QED) is 0.832. The Balaban J connectivity index is 1.72. The van der Waals surface area contributed by atoms with Crippen LogP contribution in [0.25, 0.3) is 0 Å². The molecule has 1 aliphatic heterocycles. The summed E-state index contributed by atoms with van der Waals surface area (Å²) in [6.07, 6.45) is 0.420. The molecule has 0 aliphatic carbocycles. The van der Waals surface area contributed by atoms with Crippen molar-refractivity contribution in [3.05, 3.63) is 29.8 Å². The van der Waals surface area contributed by atoms with Crippen molar-refractivity contribution in [2.45, 2.75) is 32.6 Å². The molecule has 1 aromatic rings. The van der Waals surface area contributed by atoms with Crippen molar-refractivity contribution in [1.29, 1.82) is 0 Å². The van der Waals surface area contributed by atoms with E-state index < -0.39 is 15.8 Å². The average Bonchev–Trinajstić information content (AvgIpc) is 2.83. The predicted octanol–water partition coefficient (Wildman–Crippen LogP) is 1.91. The topological polar surface area (TPSA) is 72.5 Å². The second-order valence-electron chi connectivity index (χ2n) is 7.01. The van der Waals surface area contributed by atoms with Gasteiger partial charge in [0.05, 0.1) is 24.0 Å². The summed E-state index contributed by atoms with van der Waals surface area (Å²) in [7, 11) is -3.02. The molecule has 0 radical (unpaired) electrons. The van der Waals surface area contributed by atoms with E-state index in [0.29, 0.717) is 19.6 Å². The van der Waals surface area contributed by atoms with E-state index in [1.165, 1.54) is 5.56 Å². The van der Waals surface area contributed by atoms with Gasteiger partial charge >= 0.3 is 0 Å². The molecule has 0 saturated carbocycles. The van der Waals surface area contributed by atoms with Crippen molar-refractivity contribution < 1.29 is 17.9 Å². The summed E-state index contributed by atoms with van der Waals surface area (Å²) in [5, 5.41) is 2.74. The SMILES string of the molecule is CC(C)(C)c1ccc(OCCNC(=O)C2CCS(=O)(=O)C2)cc1. The number of amides is 1. The normalized spacial score (nSPS) is 20.2. The molecule has 1 N–H and O–H groups in total. The van der Waals surface area contributed by atoms with Crippen LogP contribution in [0.4, 0.5) is 0 Å². The Morgan fingerprint density at radius 3 is 2.43 bits per heavy atom. The predicted molar refractivity (Wildman–Crippen MR) is 90.4 cm³/mol. The highest BCUT2D eigenvalue weighted by Crippen LogP contribution is 2.24. The van der Waals surface area contributed by atoms with Crippen LogP contribution in [0.2, 0.25) is 0 Å². The monoisotopic (exact) mass is 339 g/mol. The van der Waals surface area contributed by atoms with Gasteiger partial charge in [-0.1, -0.05) is 32.9 Å². The van der Waals surface area contributed by atoms with E-state index in [2.05, 4.69) is 26.1 Å². The molecule has 128 valence electrons. The maximum absolute atomic E-state index is 11.9. The van der Waals surface area contributed by atoms with E-state index in [1.54, 1.807) is 0 Å². The van der Waals surface area contributed by atoms with Crippen molar-refractivity contribution >= 4 is 15.7 Å². The molecule has 23 heavy (non-hydrogen) atoms. The minimum Gasteiger partial charge on any atom is -0.492 e. The standard InChI is InChI=1S/C17H25NO4S/c1-17(2,3)14-4-6-15(7-5-14)22-10-9-18-16(19)13-8-11-23(20,21)12-13/h4-7,13H,8-12H2,1-3H3,(H,18,19). The molecule has 1 fully saturated rings. The summed E-state index contributed by atoms with van der Waals surface area (Å²) < 4.78 is 28.3. The zero-order valence-electron chi connectivity index (χ0n) is 14.0. The molecule has 2 rings (SSSR count). The summed E-state index contributed by atoms with van der Waals surface area (Å²) in [5.41, 5.74) is 1.34. The lowest BCUT2D eigenvalue weighted by molar-refractivity contribution is -0.124. The van der Waals surface area contributed by atoms with Crippen molar-refractivity contribution in [1.82, 2.24) is 5.32 Å². The van der Waals surface area contributed by atoms with Gasteiger partial charge in [0.25, 0.3) is 0 Å². The van der Waals surface area contributed by atoms with Gasteiger partial charge in [-0.2, -0.15) is 0 Å². The first-order valence-electron chi connectivity index (χ1n) is 7.89. The average molecular weight is 339 g/mol. The molecule has 0 aromatic heterocycles. The van der Waals surface area contributed by atoms with Gasteiger partial charge in [0.2, 0.25) is 5.91 Å². The van der Waals surface area contributed by atoms with Crippen LogP contribution in [-0.4, -0.2) is 39.0 Å². The van der Waals surface area contributed by atoms with E-state index in [0.717, 1.165) is 5.75 Å². The fourth-order valence-electron chi connectivity index (χ4n) is 2.54. The Hall–Kier alpha value is -1.56. The van der Waals surface area contributed by atoms with Crippen molar-refractivity contribution in [3.63, 3.8) is 0 Å². The van der Waals surface area contributed by atoms with Crippen LogP contribution in [0.5, 0.6) is 5.75 Å². The van der Waals surface area contributed by atoms with Gasteiger partial charge < -0.3 is 10.1 Å². The van der Waals surface area contributed by atoms with E-state index >= 15 is 0 Å². The zero-order valence-corrected chi connectivity index (χ0v) is 14.8. The first-order chi connectivity index (χ1) is 10.7. The summed E-state index contributed by atoms with van der Waals surface area (Å²) in [6, 6.07) is 7.92. The van der Waals surface area contributed by atoms with Gasteiger partial charge in [0, 0.05) is 0 Å². The smallest absolute Gasteiger partial charge is 0.224 e. The molecule has 0 spiro atoms. The molecule has 1 aliphatic rings. The maximum atomic E-state index is 11.9. The lowest BCUT2D eigenvalue weighted by Gasteiger charge is -2.19. The van der Waals surface area contributed by atoms with Crippen molar-refractivity contribution in [2.24, 2.45) is 5.92 Å². The molecule has 0 bridgehead atoms. The van der Waals surface area contributed by atoms with E-state index in [-0.39, 0.29) is 22.8 Å². The lowest BCUT2D eigenvalue weighted by atomic mass is 9.87. The molecular weight excluding hydrogens is 314 g/mol. The third-order valence-corrected chi connectivity index (χ3v) is 5.76. The van der Waals surface area contributed by atoms with Crippen LogP contribution in [0.1, 0.15) is 32.8 Å². The highest BCUT2D eigenvalue weighted by Gasteiger charge is 2.32. The molecule has 1 saturated heterocycles. The van der Waals surface area contributed by atoms with Crippen molar-refractivity contribution in [3.8, 4) is 5.75 Å². The zero-order chi connectivity index (χ0) is 17.1. The van der Waals surface area contributed by atoms with Gasteiger partial charge in [0.1, 0.15) is 12.4 Å². The highest BCUT2D eigenvalue weighted by molar-refractivity contribution is 7.91. The number of benzene rings is 1. The summed E-state index contributed by atoms with van der Waals surface area (Å²) >= 11 is 0. The number of rotatable bonds is 5. The van der Waals surface area contributed by atoms with Gasteiger partial charge in [0.15, 0.2) is 9.84 Å². The third-order valence-electron chi connectivity index (χ3n) is 3.99. The summed E-state index contributed by atoms with van der Waals surface area (Å²) in [4.78, 5) is 11.9. The van der Waals surface area contributed by atoms with Crippen LogP contribution >= 0.6 is 0 Å². The second kappa shape index (κ2) is 6.91. The minimum atomic E-state index is -3.02. The van der Waals surface area contributed by atoms with Crippen LogP contribution in [0.15, 0.2) is 24.3 Å². The molecule has 1 aromatic carbocycles. The van der Waals surface area contributed by atoms with E-state index in [9.17, 15) is 13.2 Å². The van der Waals surface area contributed by atoms with Crippen molar-refractivity contribution in [2.75, 3.05) is 24.7 Å². The summed E-state index contributed by atoms with van der Waals surface area (Å²) in [5.74, 6) is 0.231. The van der Waals surface area contributed by atoms with Crippen LogP contribution < -0.4 is 10.1 Å². The van der Waals surface area contributed by atoms with Gasteiger partial charge in [-0.05, 0) is 29.5 Å². The van der Waals surface area contributed by atoms with E-state index in [1.807, 2.05) is 24.3 Å². The second-order valence-corrected chi connectivity index (χ2v) is 9.24. The number of sulfone groups is 1. The lowest BCUT2D eigenvalue weighted by Crippen LogP contribution is -2.34. The van der Waals surface area contributed by atoms with Crippen LogP contribution in [-0.2, 0) is 20.0 Å². The number of ether oxygens (including phenoxy) is 1. The van der Waals surface area contributed by atoms with E-state index in [4.69, 9.17) is 4.74 Å². The molecule has 5 nitrogen and oxygen atoms in total. The molecule has 1 unspecified atom stereocenters. The number of nitrogens with one attached hydrogen (secondary N) is 1. The first kappa shape index (κ1) is 17.8. The Labute approximate surface area is 138 Å². The Kier molecular flexibility index (Phi) is 5.34. The number of carbonyl (C=O) groups excluding carboxylic acids is 1. The largest absolute Gasteiger partial charge is 0.492 e. The third kappa shape index (κ3) is 5.23. The number of carbonyl (C=O) groups is 1.